The van der Waals surface area contributed by atoms with E-state index in [2.05, 4.69) is 4.57 Å². The average Bonchev–Trinajstić information content (AvgIpc) is 3.10. The lowest BCUT2D eigenvalue weighted by Gasteiger charge is -2.26. The molecule has 10 heteroatoms. The Labute approximate surface area is 190 Å². The number of fused-ring (bicyclic) bond motifs is 1. The standard InChI is InChI=1S/C20H21Cl2N3O3S2/c1-2-25-19-6-5-16(30(26,27)24-7-9-28-10-8-24)12-18(19)23-20(25)29-13-14-3-4-15(21)11-17(14)22/h3-6,11-12H,2,7-10,13H2,1H3. The van der Waals surface area contributed by atoms with Crippen LogP contribution in [0.15, 0.2) is 46.5 Å². The first kappa shape index (κ1) is 21.9. The number of imidazole rings is 1. The molecule has 0 spiro atoms. The van der Waals surface area contributed by atoms with Crippen molar-refractivity contribution in [1.29, 1.82) is 0 Å². The minimum atomic E-state index is -3.56. The van der Waals surface area contributed by atoms with E-state index in [9.17, 15) is 8.42 Å². The van der Waals surface area contributed by atoms with Gasteiger partial charge in [-0.15, -0.1) is 0 Å². The van der Waals surface area contributed by atoms with Crippen molar-refractivity contribution in [3.05, 3.63) is 52.0 Å². The molecule has 2 heterocycles. The van der Waals surface area contributed by atoms with Gasteiger partial charge in [-0.05, 0) is 42.8 Å². The van der Waals surface area contributed by atoms with E-state index in [4.69, 9.17) is 32.9 Å². The van der Waals surface area contributed by atoms with Crippen molar-refractivity contribution in [1.82, 2.24) is 13.9 Å². The van der Waals surface area contributed by atoms with E-state index in [1.54, 1.807) is 30.0 Å². The van der Waals surface area contributed by atoms with Crippen LogP contribution in [0, 0.1) is 0 Å². The molecule has 6 nitrogen and oxygen atoms in total. The number of halogens is 2. The molecule has 160 valence electrons. The Bertz CT molecular complexity index is 1180. The molecule has 2 aromatic carbocycles. The van der Waals surface area contributed by atoms with Crippen molar-refractivity contribution in [2.75, 3.05) is 26.3 Å². The monoisotopic (exact) mass is 485 g/mol. The molecule has 0 aliphatic carbocycles. The van der Waals surface area contributed by atoms with Crippen molar-refractivity contribution >= 4 is 56.0 Å². The predicted molar refractivity (Wildman–Crippen MR) is 121 cm³/mol. The van der Waals surface area contributed by atoms with Crippen LogP contribution in [0.4, 0.5) is 0 Å². The summed E-state index contributed by atoms with van der Waals surface area (Å²) in [5.74, 6) is 0.637. The lowest BCUT2D eigenvalue weighted by molar-refractivity contribution is 0.0730. The van der Waals surface area contributed by atoms with Crippen LogP contribution in [0.25, 0.3) is 11.0 Å². The van der Waals surface area contributed by atoms with Crippen molar-refractivity contribution in [3.63, 3.8) is 0 Å². The van der Waals surface area contributed by atoms with Crippen LogP contribution in [0.1, 0.15) is 12.5 Å². The number of aryl methyl sites for hydroxylation is 1. The third-order valence-electron chi connectivity index (χ3n) is 4.98. The second kappa shape index (κ2) is 9.06. The van der Waals surface area contributed by atoms with Gasteiger partial charge in [0.15, 0.2) is 5.16 Å². The number of aromatic nitrogens is 2. The molecule has 1 aromatic heterocycles. The van der Waals surface area contributed by atoms with E-state index in [1.807, 2.05) is 25.1 Å². The van der Waals surface area contributed by atoms with Crippen LogP contribution < -0.4 is 0 Å². The van der Waals surface area contributed by atoms with Crippen LogP contribution in [-0.2, 0) is 27.1 Å². The molecular formula is C20H21Cl2N3O3S2. The van der Waals surface area contributed by atoms with Gasteiger partial charge in [-0.2, -0.15) is 4.31 Å². The highest BCUT2D eigenvalue weighted by molar-refractivity contribution is 7.98. The predicted octanol–water partition coefficient (Wildman–Crippen LogP) is 4.68. The molecule has 4 rings (SSSR count). The highest BCUT2D eigenvalue weighted by Crippen LogP contribution is 2.31. The fraction of sp³-hybridized carbons (Fsp3) is 0.350. The first-order chi connectivity index (χ1) is 14.4. The summed E-state index contributed by atoms with van der Waals surface area (Å²) in [6.45, 7) is 4.33. The van der Waals surface area contributed by atoms with E-state index < -0.39 is 10.0 Å². The van der Waals surface area contributed by atoms with Gasteiger partial charge < -0.3 is 9.30 Å². The number of morpholine rings is 1. The van der Waals surface area contributed by atoms with Crippen molar-refractivity contribution < 1.29 is 13.2 Å². The van der Waals surface area contributed by atoms with Gasteiger partial charge >= 0.3 is 0 Å². The molecule has 0 amide bonds. The summed E-state index contributed by atoms with van der Waals surface area (Å²) in [6.07, 6.45) is 0. The van der Waals surface area contributed by atoms with Crippen molar-refractivity contribution in [3.8, 4) is 0 Å². The molecule has 1 aliphatic rings. The number of sulfonamides is 1. The first-order valence-electron chi connectivity index (χ1n) is 9.55. The number of hydrogen-bond acceptors (Lipinski definition) is 5. The highest BCUT2D eigenvalue weighted by Gasteiger charge is 2.27. The maximum absolute atomic E-state index is 13.0. The van der Waals surface area contributed by atoms with Gasteiger partial charge in [0, 0.05) is 35.4 Å². The van der Waals surface area contributed by atoms with E-state index >= 15 is 0 Å². The highest BCUT2D eigenvalue weighted by atomic mass is 35.5. The van der Waals surface area contributed by atoms with Crippen molar-refractivity contribution in [2.24, 2.45) is 0 Å². The molecule has 1 saturated heterocycles. The molecule has 1 fully saturated rings. The molecule has 0 saturated carbocycles. The number of thioether (sulfide) groups is 1. The van der Waals surface area contributed by atoms with Gasteiger partial charge in [0.25, 0.3) is 0 Å². The largest absolute Gasteiger partial charge is 0.379 e. The normalized spacial score (nSPS) is 15.7. The number of nitrogens with zero attached hydrogens (tertiary/aromatic N) is 3. The molecule has 0 radical (unpaired) electrons. The second-order valence-electron chi connectivity index (χ2n) is 6.83. The molecule has 1 aliphatic heterocycles. The molecule has 0 bridgehead atoms. The third-order valence-corrected chi connectivity index (χ3v) is 8.49. The summed E-state index contributed by atoms with van der Waals surface area (Å²) in [4.78, 5) is 4.97. The maximum Gasteiger partial charge on any atom is 0.243 e. The SMILES string of the molecule is CCn1c(SCc2ccc(Cl)cc2Cl)nc2cc(S(=O)(=O)N3CCOCC3)ccc21. The van der Waals surface area contributed by atoms with E-state index in [0.29, 0.717) is 47.6 Å². The quantitative estimate of drug-likeness (QED) is 0.474. The van der Waals surface area contributed by atoms with Crippen LogP contribution in [0.5, 0.6) is 0 Å². The van der Waals surface area contributed by atoms with Crippen LogP contribution in [0.2, 0.25) is 10.0 Å². The van der Waals surface area contributed by atoms with Gasteiger partial charge in [-0.1, -0.05) is 41.0 Å². The van der Waals surface area contributed by atoms with E-state index in [-0.39, 0.29) is 4.90 Å². The maximum atomic E-state index is 13.0. The number of hydrogen-bond donors (Lipinski definition) is 0. The van der Waals surface area contributed by atoms with Crippen LogP contribution in [0.3, 0.4) is 0 Å². The fourth-order valence-electron chi connectivity index (χ4n) is 3.38. The van der Waals surface area contributed by atoms with Crippen LogP contribution in [-0.4, -0.2) is 48.6 Å². The fourth-order valence-corrected chi connectivity index (χ4v) is 6.45. The lowest BCUT2D eigenvalue weighted by atomic mass is 10.2. The molecule has 0 N–H and O–H groups in total. The molecular weight excluding hydrogens is 465 g/mol. The van der Waals surface area contributed by atoms with E-state index in [1.165, 1.54) is 4.31 Å². The van der Waals surface area contributed by atoms with Gasteiger partial charge in [-0.25, -0.2) is 13.4 Å². The zero-order chi connectivity index (χ0) is 21.3. The minimum absolute atomic E-state index is 0.259. The zero-order valence-electron chi connectivity index (χ0n) is 16.3. The summed E-state index contributed by atoms with van der Waals surface area (Å²) < 4.78 is 34.8. The van der Waals surface area contributed by atoms with E-state index in [0.717, 1.165) is 22.8 Å². The number of rotatable bonds is 6. The molecule has 0 atom stereocenters. The minimum Gasteiger partial charge on any atom is -0.379 e. The Balaban J connectivity index is 1.63. The molecule has 3 aromatic rings. The number of ether oxygens (including phenoxy) is 1. The third kappa shape index (κ3) is 4.35. The summed E-state index contributed by atoms with van der Waals surface area (Å²) in [5.41, 5.74) is 2.54. The Morgan fingerprint density at radius 1 is 1.13 bits per heavy atom. The van der Waals surface area contributed by atoms with Gasteiger partial charge in [-0.3, -0.25) is 0 Å². The average molecular weight is 486 g/mol. The van der Waals surface area contributed by atoms with Gasteiger partial charge in [0.2, 0.25) is 10.0 Å². The second-order valence-corrected chi connectivity index (χ2v) is 10.6. The number of benzene rings is 2. The van der Waals surface area contributed by atoms with Gasteiger partial charge in [0.1, 0.15) is 0 Å². The summed E-state index contributed by atoms with van der Waals surface area (Å²) in [5, 5.41) is 2.04. The first-order valence-corrected chi connectivity index (χ1v) is 12.7. The lowest BCUT2D eigenvalue weighted by Crippen LogP contribution is -2.40. The van der Waals surface area contributed by atoms with Gasteiger partial charge in [0.05, 0.1) is 29.1 Å². The smallest absolute Gasteiger partial charge is 0.243 e. The van der Waals surface area contributed by atoms with Crippen molar-refractivity contribution in [2.45, 2.75) is 29.3 Å². The molecule has 0 unspecified atom stereocenters. The summed E-state index contributed by atoms with van der Waals surface area (Å²) >= 11 is 13.8. The molecule has 30 heavy (non-hydrogen) atoms. The van der Waals surface area contributed by atoms with Crippen LogP contribution >= 0.6 is 35.0 Å². The topological polar surface area (TPSA) is 64.4 Å². The zero-order valence-corrected chi connectivity index (χ0v) is 19.5. The Kier molecular flexibility index (Phi) is 6.62. The summed E-state index contributed by atoms with van der Waals surface area (Å²) in [6, 6.07) is 10.6. The Morgan fingerprint density at radius 3 is 2.60 bits per heavy atom. The Hall–Kier alpha value is -1.29. The summed E-state index contributed by atoms with van der Waals surface area (Å²) in [7, 11) is -3.56. The Morgan fingerprint density at radius 2 is 1.90 bits per heavy atom.